The van der Waals surface area contributed by atoms with Crippen LogP contribution in [0.5, 0.6) is 0 Å². The highest BCUT2D eigenvalue weighted by Gasteiger charge is 2.35. The van der Waals surface area contributed by atoms with Crippen LogP contribution in [-0.2, 0) is 15.5 Å². The maximum absolute atomic E-state index is 14.8. The van der Waals surface area contributed by atoms with Crippen LogP contribution in [0.15, 0.2) is 48.5 Å². The molecule has 0 saturated carbocycles. The number of hydrogen-bond acceptors (Lipinski definition) is 3. The van der Waals surface area contributed by atoms with Gasteiger partial charge in [0.05, 0.1) is 13.0 Å². The summed E-state index contributed by atoms with van der Waals surface area (Å²) in [5.41, 5.74) is 6.77. The summed E-state index contributed by atoms with van der Waals surface area (Å²) in [7, 11) is 0. The molecule has 0 amide bonds. The number of aryl methyl sites for hydroxylation is 1. The first-order valence-electron chi connectivity index (χ1n) is 7.81. The lowest BCUT2D eigenvalue weighted by Gasteiger charge is -2.21. The Morgan fingerprint density at radius 2 is 1.88 bits per heavy atom. The molecule has 6 heteroatoms. The van der Waals surface area contributed by atoms with Crippen LogP contribution < -0.4 is 5.73 Å². The van der Waals surface area contributed by atoms with Gasteiger partial charge in [-0.25, -0.2) is 0 Å². The third-order valence-corrected chi connectivity index (χ3v) is 3.85. The van der Waals surface area contributed by atoms with E-state index in [9.17, 15) is 13.6 Å². The van der Waals surface area contributed by atoms with E-state index >= 15 is 0 Å². The lowest BCUT2D eigenvalue weighted by atomic mass is 9.93. The predicted octanol–water partition coefficient (Wildman–Crippen LogP) is 4.51. The second-order valence-electron chi connectivity index (χ2n) is 5.63. The Morgan fingerprint density at radius 3 is 2.52 bits per heavy atom. The van der Waals surface area contributed by atoms with Crippen LogP contribution in [0.4, 0.5) is 8.78 Å². The van der Waals surface area contributed by atoms with Crippen molar-refractivity contribution in [1.82, 2.24) is 0 Å². The molecule has 2 aromatic carbocycles. The van der Waals surface area contributed by atoms with Crippen molar-refractivity contribution < 1.29 is 18.3 Å². The molecular weight excluding hydrogens is 348 g/mol. The van der Waals surface area contributed by atoms with Crippen molar-refractivity contribution in [2.24, 2.45) is 5.73 Å². The molecular formula is C19H22ClF2NO2. The molecule has 2 N–H and O–H groups in total. The van der Waals surface area contributed by atoms with Crippen molar-refractivity contribution in [3.63, 3.8) is 0 Å². The zero-order chi connectivity index (χ0) is 17.7. The smallest absolute Gasteiger partial charge is 0.307 e. The topological polar surface area (TPSA) is 52.3 Å². The van der Waals surface area contributed by atoms with Crippen LogP contribution in [0.25, 0.3) is 0 Å². The van der Waals surface area contributed by atoms with Gasteiger partial charge in [-0.15, -0.1) is 12.4 Å². The second kappa shape index (κ2) is 8.92. The first kappa shape index (κ1) is 21.1. The third-order valence-electron chi connectivity index (χ3n) is 3.85. The van der Waals surface area contributed by atoms with Gasteiger partial charge in [0.1, 0.15) is 0 Å². The van der Waals surface area contributed by atoms with E-state index in [1.54, 1.807) is 38.1 Å². The van der Waals surface area contributed by atoms with Gasteiger partial charge in [-0.3, -0.25) is 4.79 Å². The summed E-state index contributed by atoms with van der Waals surface area (Å²) in [5.74, 6) is -3.58. The standard InChI is InChI=1S/C19H21F2NO2.ClH/c1-3-24-18(23)12-17(22)14-8-6-9-15(11-14)19(20,21)16-10-5-4-7-13(16)2;/h4-11,17H,3,12,22H2,1-2H3;1H/t17-;/m1./s1. The maximum atomic E-state index is 14.8. The fourth-order valence-corrected chi connectivity index (χ4v) is 2.56. The molecule has 25 heavy (non-hydrogen) atoms. The van der Waals surface area contributed by atoms with Crippen LogP contribution in [0.1, 0.15) is 41.6 Å². The van der Waals surface area contributed by atoms with Gasteiger partial charge in [-0.05, 0) is 31.0 Å². The number of carbonyl (C=O) groups excluding carboxylic acids is 1. The summed E-state index contributed by atoms with van der Waals surface area (Å²) in [6, 6.07) is 11.6. The number of ether oxygens (including phenoxy) is 1. The second-order valence-corrected chi connectivity index (χ2v) is 5.63. The Morgan fingerprint density at radius 1 is 1.20 bits per heavy atom. The van der Waals surface area contributed by atoms with Gasteiger partial charge < -0.3 is 10.5 Å². The number of nitrogens with two attached hydrogens (primary N) is 1. The van der Waals surface area contributed by atoms with Gasteiger partial charge in [-0.1, -0.05) is 42.5 Å². The highest BCUT2D eigenvalue weighted by molar-refractivity contribution is 5.85. The maximum Gasteiger partial charge on any atom is 0.307 e. The van der Waals surface area contributed by atoms with Crippen LogP contribution in [0.2, 0.25) is 0 Å². The molecule has 0 aromatic heterocycles. The van der Waals surface area contributed by atoms with Crippen molar-refractivity contribution in [1.29, 1.82) is 0 Å². The molecule has 2 aromatic rings. The number of carbonyl (C=O) groups is 1. The Kier molecular flexibility index (Phi) is 7.52. The highest BCUT2D eigenvalue weighted by Crippen LogP contribution is 2.38. The van der Waals surface area contributed by atoms with E-state index in [-0.39, 0.29) is 36.6 Å². The van der Waals surface area contributed by atoms with Crippen LogP contribution in [-0.4, -0.2) is 12.6 Å². The summed E-state index contributed by atoms with van der Waals surface area (Å²) in [6.45, 7) is 3.61. The van der Waals surface area contributed by atoms with Gasteiger partial charge in [0.15, 0.2) is 0 Å². The van der Waals surface area contributed by atoms with Crippen molar-refractivity contribution in [2.75, 3.05) is 6.61 Å². The predicted molar refractivity (Wildman–Crippen MR) is 96.0 cm³/mol. The monoisotopic (exact) mass is 369 g/mol. The molecule has 2 rings (SSSR count). The number of hydrogen-bond donors (Lipinski definition) is 1. The van der Waals surface area contributed by atoms with Crippen LogP contribution in [0, 0.1) is 6.92 Å². The molecule has 0 aliphatic heterocycles. The minimum atomic E-state index is -3.13. The Hall–Kier alpha value is -1.98. The average Bonchev–Trinajstić information content (AvgIpc) is 2.55. The van der Waals surface area contributed by atoms with E-state index in [1.807, 2.05) is 0 Å². The Bertz CT molecular complexity index is 722. The molecule has 0 unspecified atom stereocenters. The minimum Gasteiger partial charge on any atom is -0.466 e. The molecule has 136 valence electrons. The van der Waals surface area contributed by atoms with Gasteiger partial charge in [0.25, 0.3) is 5.92 Å². The fraction of sp³-hybridized carbons (Fsp3) is 0.316. The number of esters is 1. The molecule has 0 fully saturated rings. The van der Waals surface area contributed by atoms with Gasteiger partial charge in [0, 0.05) is 17.2 Å². The molecule has 3 nitrogen and oxygen atoms in total. The molecule has 0 spiro atoms. The van der Waals surface area contributed by atoms with Crippen LogP contribution >= 0.6 is 12.4 Å². The molecule has 0 aliphatic rings. The number of benzene rings is 2. The van der Waals surface area contributed by atoms with Gasteiger partial charge >= 0.3 is 5.97 Å². The van der Waals surface area contributed by atoms with Crippen molar-refractivity contribution >= 4 is 18.4 Å². The fourth-order valence-electron chi connectivity index (χ4n) is 2.56. The average molecular weight is 370 g/mol. The largest absolute Gasteiger partial charge is 0.466 e. The first-order valence-corrected chi connectivity index (χ1v) is 7.81. The molecule has 1 atom stereocenters. The summed E-state index contributed by atoms with van der Waals surface area (Å²) in [6.07, 6.45) is -0.0484. The number of rotatable bonds is 6. The summed E-state index contributed by atoms with van der Waals surface area (Å²) in [4.78, 5) is 11.5. The van der Waals surface area contributed by atoms with E-state index < -0.39 is 17.9 Å². The zero-order valence-electron chi connectivity index (χ0n) is 14.2. The van der Waals surface area contributed by atoms with Gasteiger partial charge in [-0.2, -0.15) is 8.78 Å². The molecule has 0 bridgehead atoms. The lowest BCUT2D eigenvalue weighted by molar-refractivity contribution is -0.143. The quantitative estimate of drug-likeness (QED) is 0.762. The van der Waals surface area contributed by atoms with Crippen molar-refractivity contribution in [3.8, 4) is 0 Å². The van der Waals surface area contributed by atoms with Gasteiger partial charge in [0.2, 0.25) is 0 Å². The third kappa shape index (κ3) is 5.00. The van der Waals surface area contributed by atoms with E-state index in [1.165, 1.54) is 24.3 Å². The van der Waals surface area contributed by atoms with E-state index in [0.29, 0.717) is 11.1 Å². The first-order chi connectivity index (χ1) is 11.4. The Balaban J connectivity index is 0.00000312. The summed E-state index contributed by atoms with van der Waals surface area (Å²) in [5, 5.41) is 0. The number of halogens is 3. The normalized spacial score (nSPS) is 12.2. The number of alkyl halides is 2. The molecule has 0 aliphatic carbocycles. The van der Waals surface area contributed by atoms with Crippen molar-refractivity contribution in [2.45, 2.75) is 32.2 Å². The van der Waals surface area contributed by atoms with E-state index in [2.05, 4.69) is 0 Å². The van der Waals surface area contributed by atoms with E-state index in [0.717, 1.165) is 0 Å². The lowest BCUT2D eigenvalue weighted by Crippen LogP contribution is -2.20. The summed E-state index contributed by atoms with van der Waals surface area (Å²) < 4.78 is 34.5. The summed E-state index contributed by atoms with van der Waals surface area (Å²) >= 11 is 0. The molecule has 0 heterocycles. The Labute approximate surface area is 152 Å². The minimum absolute atomic E-state index is 0. The van der Waals surface area contributed by atoms with Crippen LogP contribution in [0.3, 0.4) is 0 Å². The highest BCUT2D eigenvalue weighted by atomic mass is 35.5. The van der Waals surface area contributed by atoms with E-state index in [4.69, 9.17) is 10.5 Å². The SMILES string of the molecule is CCOC(=O)C[C@@H](N)c1cccc(C(F)(F)c2ccccc2C)c1.Cl. The zero-order valence-corrected chi connectivity index (χ0v) is 15.0. The van der Waals surface area contributed by atoms with Crippen molar-refractivity contribution in [3.05, 3.63) is 70.8 Å². The molecule has 0 radical (unpaired) electrons. The molecule has 0 saturated heterocycles.